The molecule has 0 spiro atoms. The van der Waals surface area contributed by atoms with Crippen molar-refractivity contribution in [3.05, 3.63) is 18.2 Å². The second-order valence-corrected chi connectivity index (χ2v) is 6.32. The summed E-state index contributed by atoms with van der Waals surface area (Å²) < 4.78 is 29.7. The summed E-state index contributed by atoms with van der Waals surface area (Å²) >= 11 is 0. The van der Waals surface area contributed by atoms with Crippen molar-refractivity contribution >= 4 is 15.5 Å². The van der Waals surface area contributed by atoms with Crippen molar-refractivity contribution in [3.8, 4) is 11.8 Å². The van der Waals surface area contributed by atoms with E-state index >= 15 is 0 Å². The number of ether oxygens (including phenoxy) is 1. The molecule has 1 aromatic rings. The molecule has 2 rings (SSSR count). The number of hydrogen-bond acceptors (Lipinski definition) is 5. The number of rotatable bonds is 1. The summed E-state index contributed by atoms with van der Waals surface area (Å²) in [5.74, 6) is 0.469. The van der Waals surface area contributed by atoms with Crippen molar-refractivity contribution in [1.29, 1.82) is 5.26 Å². The summed E-state index contributed by atoms with van der Waals surface area (Å²) in [5, 5.41) is 8.03. The van der Waals surface area contributed by atoms with E-state index in [0.717, 1.165) is 0 Å². The molecule has 1 aromatic carbocycles. The highest BCUT2D eigenvalue weighted by Crippen LogP contribution is 2.38. The summed E-state index contributed by atoms with van der Waals surface area (Å²) in [4.78, 5) is 1.97. The number of nitriles is 1. The van der Waals surface area contributed by atoms with E-state index in [9.17, 15) is 8.42 Å². The van der Waals surface area contributed by atoms with Gasteiger partial charge in [-0.05, 0) is 19.1 Å². The molecule has 0 radical (unpaired) electrons. The molecule has 0 aliphatic carbocycles. The number of nitrogens with zero attached hydrogens (tertiary/aromatic N) is 2. The molecule has 1 aliphatic rings. The number of sulfone groups is 1. The van der Waals surface area contributed by atoms with Crippen LogP contribution in [0.4, 0.5) is 5.69 Å². The zero-order chi connectivity index (χ0) is 13.5. The smallest absolute Gasteiger partial charge is 0.198 e. The van der Waals surface area contributed by atoms with Crippen LogP contribution in [0, 0.1) is 11.3 Å². The van der Waals surface area contributed by atoms with Crippen molar-refractivity contribution in [2.75, 3.05) is 19.1 Å². The van der Waals surface area contributed by atoms with E-state index in [0.29, 0.717) is 11.4 Å². The number of anilines is 1. The molecule has 5 nitrogen and oxygen atoms in total. The molecule has 0 saturated carbocycles. The van der Waals surface area contributed by atoms with E-state index in [-0.39, 0.29) is 10.9 Å². The first kappa shape index (κ1) is 12.7. The highest BCUT2D eigenvalue weighted by atomic mass is 32.2. The summed E-state index contributed by atoms with van der Waals surface area (Å²) in [6.45, 7) is 1.73. The van der Waals surface area contributed by atoms with E-state index in [1.54, 1.807) is 26.1 Å². The van der Waals surface area contributed by atoms with Gasteiger partial charge in [-0.3, -0.25) is 0 Å². The maximum atomic E-state index is 12.4. The third-order valence-corrected chi connectivity index (χ3v) is 5.47. The minimum atomic E-state index is -3.63. The second-order valence-electron chi connectivity index (χ2n) is 4.28. The van der Waals surface area contributed by atoms with Crippen LogP contribution in [-0.4, -0.2) is 33.9 Å². The van der Waals surface area contributed by atoms with Gasteiger partial charge in [0.2, 0.25) is 0 Å². The SMILES string of the molecule is COc1ccc2c(c1)S(=O)(=O)C(C#N)C(C)N2C. The molecule has 1 heterocycles. The minimum Gasteiger partial charge on any atom is -0.497 e. The van der Waals surface area contributed by atoms with Gasteiger partial charge >= 0.3 is 0 Å². The van der Waals surface area contributed by atoms with Gasteiger partial charge in [0.1, 0.15) is 5.75 Å². The van der Waals surface area contributed by atoms with Gasteiger partial charge in [0.25, 0.3) is 0 Å². The molecular formula is C12H14N2O3S. The lowest BCUT2D eigenvalue weighted by Crippen LogP contribution is -2.47. The van der Waals surface area contributed by atoms with Crippen LogP contribution >= 0.6 is 0 Å². The van der Waals surface area contributed by atoms with Crippen LogP contribution in [0.1, 0.15) is 6.92 Å². The fourth-order valence-corrected chi connectivity index (χ4v) is 4.03. The molecule has 6 heteroatoms. The highest BCUT2D eigenvalue weighted by Gasteiger charge is 2.41. The van der Waals surface area contributed by atoms with E-state index in [1.165, 1.54) is 13.2 Å². The average molecular weight is 266 g/mol. The molecule has 0 bridgehead atoms. The molecule has 1 aliphatic heterocycles. The summed E-state index contributed by atoms with van der Waals surface area (Å²) in [6, 6.07) is 6.39. The van der Waals surface area contributed by atoms with E-state index in [2.05, 4.69) is 0 Å². The Kier molecular flexibility index (Phi) is 2.95. The molecule has 0 saturated heterocycles. The molecule has 2 atom stereocenters. The first-order valence-corrected chi connectivity index (χ1v) is 7.02. The first-order valence-electron chi connectivity index (χ1n) is 5.48. The summed E-state index contributed by atoms with van der Waals surface area (Å²) in [5.41, 5.74) is 0.606. The second kappa shape index (κ2) is 4.18. The Bertz CT molecular complexity index is 619. The Morgan fingerprint density at radius 2 is 2.11 bits per heavy atom. The van der Waals surface area contributed by atoms with Crippen molar-refractivity contribution in [1.82, 2.24) is 0 Å². The fraction of sp³-hybridized carbons (Fsp3) is 0.417. The zero-order valence-corrected chi connectivity index (χ0v) is 11.2. The van der Waals surface area contributed by atoms with Gasteiger partial charge in [0.15, 0.2) is 15.1 Å². The number of hydrogen-bond donors (Lipinski definition) is 0. The van der Waals surface area contributed by atoms with Crippen LogP contribution in [0.3, 0.4) is 0 Å². The average Bonchev–Trinajstić information content (AvgIpc) is 2.36. The van der Waals surface area contributed by atoms with Crippen LogP contribution in [0.5, 0.6) is 5.75 Å². The number of methoxy groups -OCH3 is 1. The quantitative estimate of drug-likeness (QED) is 0.764. The van der Waals surface area contributed by atoms with Crippen molar-refractivity contribution in [2.45, 2.75) is 23.1 Å². The van der Waals surface area contributed by atoms with Crippen LogP contribution in [0.25, 0.3) is 0 Å². The lowest BCUT2D eigenvalue weighted by Gasteiger charge is -2.36. The number of fused-ring (bicyclic) bond motifs is 1. The normalized spacial score (nSPS) is 25.1. The van der Waals surface area contributed by atoms with E-state index in [1.807, 2.05) is 11.0 Å². The maximum Gasteiger partial charge on any atom is 0.198 e. The highest BCUT2D eigenvalue weighted by molar-refractivity contribution is 7.92. The van der Waals surface area contributed by atoms with Gasteiger partial charge in [0, 0.05) is 13.1 Å². The van der Waals surface area contributed by atoms with Crippen LogP contribution in [0.15, 0.2) is 23.1 Å². The molecule has 18 heavy (non-hydrogen) atoms. The zero-order valence-electron chi connectivity index (χ0n) is 10.4. The molecule has 96 valence electrons. The molecule has 0 fully saturated rings. The lowest BCUT2D eigenvalue weighted by molar-refractivity contribution is 0.413. The van der Waals surface area contributed by atoms with Gasteiger partial charge in [-0.15, -0.1) is 0 Å². The Hall–Kier alpha value is -1.74. The predicted octanol–water partition coefficient (Wildman–Crippen LogP) is 1.20. The predicted molar refractivity (Wildman–Crippen MR) is 67.4 cm³/mol. The fourth-order valence-electron chi connectivity index (χ4n) is 2.14. The number of benzene rings is 1. The lowest BCUT2D eigenvalue weighted by atomic mass is 10.1. The van der Waals surface area contributed by atoms with Gasteiger partial charge < -0.3 is 9.64 Å². The van der Waals surface area contributed by atoms with Crippen molar-refractivity contribution < 1.29 is 13.2 Å². The molecular weight excluding hydrogens is 252 g/mol. The van der Waals surface area contributed by atoms with Gasteiger partial charge in [-0.1, -0.05) is 0 Å². The molecule has 2 unspecified atom stereocenters. The maximum absolute atomic E-state index is 12.4. The van der Waals surface area contributed by atoms with Crippen molar-refractivity contribution in [3.63, 3.8) is 0 Å². The first-order chi connectivity index (χ1) is 8.43. The largest absolute Gasteiger partial charge is 0.497 e. The van der Waals surface area contributed by atoms with Gasteiger partial charge in [-0.25, -0.2) is 8.42 Å². The molecule has 0 amide bonds. The summed E-state index contributed by atoms with van der Waals surface area (Å²) in [6.07, 6.45) is 0. The Balaban J connectivity index is 2.73. The standard InChI is InChI=1S/C12H14N2O3S/c1-8-12(7-13)18(15,16)11-6-9(17-3)4-5-10(11)14(8)2/h4-6,8,12H,1-3H3. The Labute approximate surface area is 107 Å². The van der Waals surface area contributed by atoms with E-state index < -0.39 is 15.1 Å². The van der Waals surface area contributed by atoms with Crippen molar-refractivity contribution in [2.24, 2.45) is 0 Å². The van der Waals surface area contributed by atoms with Crippen LogP contribution in [-0.2, 0) is 9.84 Å². The van der Waals surface area contributed by atoms with E-state index in [4.69, 9.17) is 10.00 Å². The Morgan fingerprint density at radius 1 is 1.44 bits per heavy atom. The van der Waals surface area contributed by atoms with Gasteiger partial charge in [-0.2, -0.15) is 5.26 Å². The van der Waals surface area contributed by atoms with Gasteiger partial charge in [0.05, 0.1) is 29.8 Å². The topological polar surface area (TPSA) is 70.4 Å². The monoisotopic (exact) mass is 266 g/mol. The minimum absolute atomic E-state index is 0.161. The Morgan fingerprint density at radius 3 is 2.67 bits per heavy atom. The van der Waals surface area contributed by atoms with Crippen LogP contribution in [0.2, 0.25) is 0 Å². The molecule has 0 aromatic heterocycles. The summed E-state index contributed by atoms with van der Waals surface area (Å²) in [7, 11) is -0.366. The molecule has 0 N–H and O–H groups in total. The third-order valence-electron chi connectivity index (χ3n) is 3.36. The van der Waals surface area contributed by atoms with Crippen LogP contribution < -0.4 is 9.64 Å². The third kappa shape index (κ3) is 1.63.